The van der Waals surface area contributed by atoms with Gasteiger partial charge < -0.3 is 5.32 Å². The summed E-state index contributed by atoms with van der Waals surface area (Å²) in [6.07, 6.45) is 4.39. The van der Waals surface area contributed by atoms with E-state index < -0.39 is 0 Å². The van der Waals surface area contributed by atoms with Gasteiger partial charge in [-0.3, -0.25) is 14.2 Å². The number of nitrogens with one attached hydrogen (secondary N) is 1. The van der Waals surface area contributed by atoms with E-state index in [1.165, 1.54) is 0 Å². The maximum absolute atomic E-state index is 11.9. The summed E-state index contributed by atoms with van der Waals surface area (Å²) < 4.78 is 4.26. The van der Waals surface area contributed by atoms with Gasteiger partial charge in [-0.2, -0.15) is 10.2 Å². The molecule has 0 atom stereocenters. The Morgan fingerprint density at radius 3 is 2.75 bits per heavy atom. The number of carbonyl (C=O) groups is 1. The molecule has 0 saturated carbocycles. The first-order valence-electron chi connectivity index (χ1n) is 6.14. The molecule has 0 unspecified atom stereocenters. The molecule has 20 heavy (non-hydrogen) atoms. The van der Waals surface area contributed by atoms with Gasteiger partial charge in [0.1, 0.15) is 0 Å². The summed E-state index contributed by atoms with van der Waals surface area (Å²) in [5.41, 5.74) is 1.28. The second-order valence-electron chi connectivity index (χ2n) is 4.43. The second-order valence-corrected chi connectivity index (χ2v) is 6.00. The molecule has 2 aromatic heterocycles. The van der Waals surface area contributed by atoms with Gasteiger partial charge in [-0.15, -0.1) is 0 Å². The van der Waals surface area contributed by atoms with Crippen molar-refractivity contribution in [2.24, 2.45) is 7.05 Å². The SMILES string of the molecule is Cc1nn(CCCNC(=O)c2nn(C)cc2I)cc1Cl. The van der Waals surface area contributed by atoms with Gasteiger partial charge in [0.05, 0.1) is 14.3 Å². The van der Waals surface area contributed by atoms with Crippen molar-refractivity contribution in [1.82, 2.24) is 24.9 Å². The van der Waals surface area contributed by atoms with Gasteiger partial charge in [-0.25, -0.2) is 0 Å². The number of hydrogen-bond acceptors (Lipinski definition) is 3. The van der Waals surface area contributed by atoms with E-state index in [1.807, 2.05) is 13.1 Å². The monoisotopic (exact) mass is 407 g/mol. The average Bonchev–Trinajstić information content (AvgIpc) is 2.88. The van der Waals surface area contributed by atoms with E-state index in [2.05, 4.69) is 38.1 Å². The Morgan fingerprint density at radius 2 is 2.20 bits per heavy atom. The number of amides is 1. The van der Waals surface area contributed by atoms with Crippen LogP contribution < -0.4 is 5.32 Å². The molecule has 108 valence electrons. The minimum Gasteiger partial charge on any atom is -0.351 e. The van der Waals surface area contributed by atoms with Crippen molar-refractivity contribution >= 4 is 40.1 Å². The maximum Gasteiger partial charge on any atom is 0.272 e. The molecule has 2 rings (SSSR count). The highest BCUT2D eigenvalue weighted by atomic mass is 127. The minimum absolute atomic E-state index is 0.148. The molecule has 6 nitrogen and oxygen atoms in total. The summed E-state index contributed by atoms with van der Waals surface area (Å²) in [7, 11) is 1.79. The fourth-order valence-corrected chi connectivity index (χ4v) is 2.65. The van der Waals surface area contributed by atoms with Crippen LogP contribution in [-0.4, -0.2) is 32.0 Å². The predicted molar refractivity (Wildman–Crippen MR) is 84.8 cm³/mol. The normalized spacial score (nSPS) is 10.8. The number of aromatic nitrogens is 4. The van der Waals surface area contributed by atoms with E-state index in [4.69, 9.17) is 11.6 Å². The van der Waals surface area contributed by atoms with Crippen molar-refractivity contribution < 1.29 is 4.79 Å². The van der Waals surface area contributed by atoms with Crippen LogP contribution in [0.4, 0.5) is 0 Å². The summed E-state index contributed by atoms with van der Waals surface area (Å²) in [4.78, 5) is 11.9. The summed E-state index contributed by atoms with van der Waals surface area (Å²) in [6.45, 7) is 3.15. The van der Waals surface area contributed by atoms with Crippen LogP contribution in [0.15, 0.2) is 12.4 Å². The Balaban J connectivity index is 1.78. The quantitative estimate of drug-likeness (QED) is 0.609. The van der Waals surface area contributed by atoms with Gasteiger partial charge in [0.25, 0.3) is 5.91 Å². The lowest BCUT2D eigenvalue weighted by Crippen LogP contribution is -2.26. The van der Waals surface area contributed by atoms with E-state index in [1.54, 1.807) is 22.6 Å². The van der Waals surface area contributed by atoms with E-state index in [9.17, 15) is 4.79 Å². The van der Waals surface area contributed by atoms with Crippen molar-refractivity contribution in [3.8, 4) is 0 Å². The molecule has 0 saturated heterocycles. The van der Waals surface area contributed by atoms with Crippen LogP contribution in [0.2, 0.25) is 5.02 Å². The lowest BCUT2D eigenvalue weighted by atomic mass is 10.3. The summed E-state index contributed by atoms with van der Waals surface area (Å²) in [5, 5.41) is 11.9. The molecule has 0 aliphatic heterocycles. The lowest BCUT2D eigenvalue weighted by Gasteiger charge is -2.04. The Bertz CT molecular complexity index is 602. The summed E-state index contributed by atoms with van der Waals surface area (Å²) in [5.74, 6) is -0.148. The Kier molecular flexibility index (Phi) is 5.03. The zero-order valence-electron chi connectivity index (χ0n) is 11.2. The molecule has 0 fully saturated rings. The summed E-state index contributed by atoms with van der Waals surface area (Å²) in [6, 6.07) is 0. The van der Waals surface area contributed by atoms with Gasteiger partial charge in [0, 0.05) is 32.5 Å². The summed E-state index contributed by atoms with van der Waals surface area (Å²) >= 11 is 8.03. The predicted octanol–water partition coefficient (Wildman–Crippen LogP) is 2.00. The molecular formula is C12H15ClIN5O. The van der Waals surface area contributed by atoms with Gasteiger partial charge >= 0.3 is 0 Å². The van der Waals surface area contributed by atoms with Crippen molar-refractivity contribution in [1.29, 1.82) is 0 Å². The fraction of sp³-hybridized carbons (Fsp3) is 0.417. The molecule has 0 radical (unpaired) electrons. The highest BCUT2D eigenvalue weighted by Gasteiger charge is 2.13. The smallest absolute Gasteiger partial charge is 0.272 e. The van der Waals surface area contributed by atoms with Gasteiger partial charge in [0.2, 0.25) is 0 Å². The number of hydrogen-bond donors (Lipinski definition) is 1. The fourth-order valence-electron chi connectivity index (χ4n) is 1.75. The molecule has 8 heteroatoms. The third kappa shape index (κ3) is 3.72. The van der Waals surface area contributed by atoms with E-state index in [-0.39, 0.29) is 5.91 Å². The average molecular weight is 408 g/mol. The Morgan fingerprint density at radius 1 is 1.45 bits per heavy atom. The van der Waals surface area contributed by atoms with Crippen molar-refractivity contribution in [2.75, 3.05) is 6.54 Å². The zero-order chi connectivity index (χ0) is 14.7. The van der Waals surface area contributed by atoms with Crippen LogP contribution >= 0.6 is 34.2 Å². The largest absolute Gasteiger partial charge is 0.351 e. The lowest BCUT2D eigenvalue weighted by molar-refractivity contribution is 0.0946. The standard InChI is InChI=1S/C12H15ClIN5O/c1-8-9(13)6-19(16-8)5-3-4-15-12(20)11-10(14)7-18(2)17-11/h6-7H,3-5H2,1-2H3,(H,15,20). The topological polar surface area (TPSA) is 64.7 Å². The molecule has 2 heterocycles. The Labute approximate surface area is 135 Å². The first-order valence-corrected chi connectivity index (χ1v) is 7.60. The first kappa shape index (κ1) is 15.3. The van der Waals surface area contributed by atoms with Crippen molar-refractivity contribution in [2.45, 2.75) is 19.9 Å². The number of carbonyl (C=O) groups excluding carboxylic acids is 1. The molecule has 2 aromatic rings. The van der Waals surface area contributed by atoms with Crippen LogP contribution in [-0.2, 0) is 13.6 Å². The third-order valence-electron chi connectivity index (χ3n) is 2.74. The molecule has 0 aliphatic rings. The number of rotatable bonds is 5. The van der Waals surface area contributed by atoms with Gasteiger partial charge in [-0.1, -0.05) is 11.6 Å². The van der Waals surface area contributed by atoms with Crippen LogP contribution in [0.3, 0.4) is 0 Å². The third-order valence-corrected chi connectivity index (χ3v) is 3.90. The maximum atomic E-state index is 11.9. The number of aryl methyl sites for hydroxylation is 3. The van der Waals surface area contributed by atoms with E-state index in [0.717, 1.165) is 15.7 Å². The van der Waals surface area contributed by atoms with E-state index in [0.29, 0.717) is 23.8 Å². The molecule has 0 aromatic carbocycles. The van der Waals surface area contributed by atoms with Crippen LogP contribution in [0.1, 0.15) is 22.6 Å². The van der Waals surface area contributed by atoms with Gasteiger partial charge in [-0.05, 0) is 35.9 Å². The zero-order valence-corrected chi connectivity index (χ0v) is 14.1. The number of nitrogens with zero attached hydrogens (tertiary/aromatic N) is 4. The molecule has 0 spiro atoms. The molecule has 1 amide bonds. The van der Waals surface area contributed by atoms with Crippen molar-refractivity contribution in [3.05, 3.63) is 32.4 Å². The highest BCUT2D eigenvalue weighted by Crippen LogP contribution is 2.12. The highest BCUT2D eigenvalue weighted by molar-refractivity contribution is 14.1. The minimum atomic E-state index is -0.148. The van der Waals surface area contributed by atoms with Gasteiger partial charge in [0.15, 0.2) is 5.69 Å². The van der Waals surface area contributed by atoms with Crippen LogP contribution in [0.25, 0.3) is 0 Å². The first-order chi connectivity index (χ1) is 9.47. The molecule has 0 bridgehead atoms. The van der Waals surface area contributed by atoms with E-state index >= 15 is 0 Å². The molecule has 0 aliphatic carbocycles. The molecule has 1 N–H and O–H groups in total. The molecular weight excluding hydrogens is 393 g/mol. The van der Waals surface area contributed by atoms with Crippen molar-refractivity contribution in [3.63, 3.8) is 0 Å². The second kappa shape index (κ2) is 6.57. The Hall–Kier alpha value is -1.09. The van der Waals surface area contributed by atoms with Crippen LogP contribution in [0.5, 0.6) is 0 Å². The number of halogens is 2. The van der Waals surface area contributed by atoms with Crippen LogP contribution in [0, 0.1) is 10.5 Å².